The summed E-state index contributed by atoms with van der Waals surface area (Å²) in [5.74, 6) is 0.902. The lowest BCUT2D eigenvalue weighted by Gasteiger charge is -2.50. The van der Waals surface area contributed by atoms with Gasteiger partial charge in [0.15, 0.2) is 0 Å². The van der Waals surface area contributed by atoms with E-state index in [1.807, 2.05) is 35.0 Å². The Hall–Kier alpha value is -4.78. The summed E-state index contributed by atoms with van der Waals surface area (Å²) in [5.41, 5.74) is 5.94. The van der Waals surface area contributed by atoms with E-state index in [0.29, 0.717) is 57.7 Å². The van der Waals surface area contributed by atoms with E-state index in [2.05, 4.69) is 52.8 Å². The Morgan fingerprint density at radius 2 is 1.82 bits per heavy atom. The van der Waals surface area contributed by atoms with Gasteiger partial charge in [-0.1, -0.05) is 13.8 Å². The number of hydrogen-bond donors (Lipinski definition) is 2. The Morgan fingerprint density at radius 1 is 1.00 bits per heavy atom. The second kappa shape index (κ2) is 12.2. The maximum Gasteiger partial charge on any atom is 0.280 e. The number of piperazine rings is 1. The number of nitrogens with zero attached hydrogens (tertiary/aromatic N) is 7. The fourth-order valence-corrected chi connectivity index (χ4v) is 8.10. The van der Waals surface area contributed by atoms with Crippen molar-refractivity contribution in [2.24, 2.45) is 12.5 Å². The normalized spacial score (nSPS) is 20.6. The highest BCUT2D eigenvalue weighted by Crippen LogP contribution is 2.37. The molecular formula is C38H44N8O4. The quantitative estimate of drug-likeness (QED) is 0.264. The van der Waals surface area contributed by atoms with Crippen LogP contribution in [0.15, 0.2) is 70.9 Å². The number of anilines is 3. The number of fused-ring (bicyclic) bond motifs is 3. The Labute approximate surface area is 290 Å². The van der Waals surface area contributed by atoms with Gasteiger partial charge in [0, 0.05) is 73.8 Å². The van der Waals surface area contributed by atoms with Gasteiger partial charge in [0.25, 0.3) is 11.1 Å². The molecule has 7 heterocycles. The number of aryl methyl sites for hydroxylation is 1. The lowest BCUT2D eigenvalue weighted by atomic mass is 9.90. The second-order valence-electron chi connectivity index (χ2n) is 15.0. The molecule has 5 aromatic rings. The number of ether oxygens (including phenoxy) is 1. The summed E-state index contributed by atoms with van der Waals surface area (Å²) in [4.78, 5) is 41.3. The summed E-state index contributed by atoms with van der Waals surface area (Å²) < 4.78 is 10.4. The molecule has 5 aromatic heterocycles. The number of hydrogen-bond acceptors (Lipinski definition) is 9. The minimum atomic E-state index is -0.351. The third kappa shape index (κ3) is 5.51. The monoisotopic (exact) mass is 676 g/mol. The van der Waals surface area contributed by atoms with E-state index in [1.54, 1.807) is 37.8 Å². The molecule has 0 aromatic carbocycles. The smallest absolute Gasteiger partial charge is 0.280 e. The van der Waals surface area contributed by atoms with Crippen LogP contribution in [0.4, 0.5) is 17.2 Å². The van der Waals surface area contributed by atoms with Crippen LogP contribution in [0.3, 0.4) is 0 Å². The van der Waals surface area contributed by atoms with Crippen LogP contribution in [-0.4, -0.2) is 77.9 Å². The summed E-state index contributed by atoms with van der Waals surface area (Å²) >= 11 is 0. The van der Waals surface area contributed by atoms with Crippen LogP contribution in [0.1, 0.15) is 44.5 Å². The van der Waals surface area contributed by atoms with Crippen molar-refractivity contribution in [1.29, 1.82) is 0 Å². The summed E-state index contributed by atoms with van der Waals surface area (Å²) in [6, 6.07) is 10.7. The first-order chi connectivity index (χ1) is 24.0. The first-order valence-electron chi connectivity index (χ1n) is 17.4. The van der Waals surface area contributed by atoms with Gasteiger partial charge in [-0.25, -0.2) is 9.97 Å². The zero-order valence-corrected chi connectivity index (χ0v) is 29.3. The molecule has 2 fully saturated rings. The fourth-order valence-electron chi connectivity index (χ4n) is 8.10. The average Bonchev–Trinajstić information content (AvgIpc) is 3.56. The minimum Gasteiger partial charge on any atom is -0.392 e. The van der Waals surface area contributed by atoms with Gasteiger partial charge in [-0.3, -0.25) is 19.1 Å². The zero-order chi connectivity index (χ0) is 34.9. The molecule has 0 amide bonds. The standard InChI is InChI=1S/C38H44N8O4/c1-23-18-46(28-21-50-22-28)24(2)17-45(23)27-6-7-34(40-16-27)41-31-12-26(19-42(5)36(31)48)29-8-9-39-35(30(29)20-47)44-11-10-43-32(37(44)49)13-25-14-38(3,4)15-33(25)43/h6-13,16,19,23-24,28,47H,14-15,17-18,20-22H2,1-5H3,(H,40,41)/t23-,24+/m0/s1. The highest BCUT2D eigenvalue weighted by molar-refractivity contribution is 5.73. The number of rotatable bonds is 7. The summed E-state index contributed by atoms with van der Waals surface area (Å²) in [5, 5.41) is 13.9. The summed E-state index contributed by atoms with van der Waals surface area (Å²) in [6.07, 6.45) is 10.7. The van der Waals surface area contributed by atoms with Gasteiger partial charge in [0.05, 0.1) is 37.7 Å². The Morgan fingerprint density at radius 3 is 2.54 bits per heavy atom. The van der Waals surface area contributed by atoms with E-state index < -0.39 is 0 Å². The van der Waals surface area contributed by atoms with Gasteiger partial charge in [0.2, 0.25) is 0 Å². The second-order valence-corrected chi connectivity index (χ2v) is 15.0. The molecule has 2 aliphatic heterocycles. The maximum atomic E-state index is 13.8. The van der Waals surface area contributed by atoms with Gasteiger partial charge >= 0.3 is 0 Å². The number of aliphatic hydroxyl groups is 1. The SMILES string of the molecule is C[C@@H]1CN(c2ccc(Nc3cc(-c4ccnc(-n5ccn6c7c(cc6c5=O)CC(C)(C)C7)c4CO)cn(C)c3=O)nc2)[C@@H](C)CN1C1COC1. The van der Waals surface area contributed by atoms with Crippen LogP contribution in [0, 0.1) is 5.41 Å². The number of nitrogens with one attached hydrogen (secondary N) is 1. The van der Waals surface area contributed by atoms with Crippen LogP contribution in [0.5, 0.6) is 0 Å². The molecule has 2 N–H and O–H groups in total. The first kappa shape index (κ1) is 32.4. The van der Waals surface area contributed by atoms with Crippen LogP contribution >= 0.6 is 0 Å². The molecule has 3 aliphatic rings. The van der Waals surface area contributed by atoms with Crippen LogP contribution in [0.2, 0.25) is 0 Å². The summed E-state index contributed by atoms with van der Waals surface area (Å²) in [7, 11) is 1.69. The lowest BCUT2D eigenvalue weighted by molar-refractivity contribution is -0.0828. The average molecular weight is 677 g/mol. The number of aromatic nitrogens is 5. The van der Waals surface area contributed by atoms with E-state index in [1.165, 1.54) is 20.4 Å². The van der Waals surface area contributed by atoms with Crippen LogP contribution in [-0.2, 0) is 31.2 Å². The molecule has 0 radical (unpaired) electrons. The third-order valence-electron chi connectivity index (χ3n) is 10.7. The molecule has 2 saturated heterocycles. The number of aliphatic hydroxyl groups excluding tert-OH is 1. The van der Waals surface area contributed by atoms with Crippen molar-refractivity contribution < 1.29 is 9.84 Å². The largest absolute Gasteiger partial charge is 0.392 e. The molecule has 8 rings (SSSR count). The van der Waals surface area contributed by atoms with Crippen LogP contribution < -0.4 is 21.3 Å². The molecule has 0 spiro atoms. The van der Waals surface area contributed by atoms with Crippen molar-refractivity contribution >= 4 is 22.7 Å². The summed E-state index contributed by atoms with van der Waals surface area (Å²) in [6.45, 7) is 12.1. The van der Waals surface area contributed by atoms with Crippen molar-refractivity contribution in [1.82, 2.24) is 28.4 Å². The molecule has 2 atom stereocenters. The van der Waals surface area contributed by atoms with Crippen molar-refractivity contribution in [3.63, 3.8) is 0 Å². The van der Waals surface area contributed by atoms with Crippen molar-refractivity contribution in [3.05, 3.63) is 98.8 Å². The maximum absolute atomic E-state index is 13.8. The predicted molar refractivity (Wildman–Crippen MR) is 194 cm³/mol. The minimum absolute atomic E-state index is 0.169. The topological polar surface area (TPSA) is 122 Å². The van der Waals surface area contributed by atoms with Gasteiger partial charge < -0.3 is 29.0 Å². The Kier molecular flexibility index (Phi) is 7.92. The molecule has 260 valence electrons. The van der Waals surface area contributed by atoms with Gasteiger partial charge in [-0.15, -0.1) is 0 Å². The zero-order valence-electron chi connectivity index (χ0n) is 29.3. The molecule has 50 heavy (non-hydrogen) atoms. The number of pyridine rings is 3. The van der Waals surface area contributed by atoms with E-state index in [4.69, 9.17) is 4.74 Å². The highest BCUT2D eigenvalue weighted by Gasteiger charge is 2.36. The van der Waals surface area contributed by atoms with Gasteiger partial charge in [-0.2, -0.15) is 0 Å². The highest BCUT2D eigenvalue weighted by atomic mass is 16.5. The molecular weight excluding hydrogens is 632 g/mol. The predicted octanol–water partition coefficient (Wildman–Crippen LogP) is 3.90. The van der Waals surface area contributed by atoms with Crippen LogP contribution in [0.25, 0.3) is 22.5 Å². The molecule has 12 nitrogen and oxygen atoms in total. The van der Waals surface area contributed by atoms with Gasteiger partial charge in [-0.05, 0) is 73.6 Å². The fraction of sp³-hybridized carbons (Fsp3) is 0.421. The van der Waals surface area contributed by atoms with E-state index in [-0.39, 0.29) is 23.1 Å². The Balaban J connectivity index is 1.07. The first-order valence-corrected chi connectivity index (χ1v) is 17.4. The molecule has 0 unspecified atom stereocenters. The molecule has 1 aliphatic carbocycles. The van der Waals surface area contributed by atoms with E-state index in [9.17, 15) is 14.7 Å². The molecule has 12 heteroatoms. The van der Waals surface area contributed by atoms with E-state index >= 15 is 0 Å². The third-order valence-corrected chi connectivity index (χ3v) is 10.7. The molecule has 0 bridgehead atoms. The Bertz CT molecular complexity index is 2220. The van der Waals surface area contributed by atoms with E-state index in [0.717, 1.165) is 44.8 Å². The van der Waals surface area contributed by atoms with Crippen molar-refractivity contribution in [2.45, 2.75) is 65.3 Å². The lowest BCUT2D eigenvalue weighted by Crippen LogP contribution is -2.63. The van der Waals surface area contributed by atoms with Gasteiger partial charge in [0.1, 0.15) is 22.8 Å². The van der Waals surface area contributed by atoms with Crippen molar-refractivity contribution in [3.8, 4) is 16.9 Å². The molecule has 0 saturated carbocycles. The van der Waals surface area contributed by atoms with Crippen molar-refractivity contribution in [2.75, 3.05) is 36.5 Å².